The van der Waals surface area contributed by atoms with Crippen LogP contribution in [0.3, 0.4) is 0 Å². The van der Waals surface area contributed by atoms with Crippen LogP contribution in [0.25, 0.3) is 0 Å². The average molecular weight is 556 g/mol. The molecule has 3 N–H and O–H groups in total. The summed E-state index contributed by atoms with van der Waals surface area (Å²) in [5.74, 6) is -0.502. The van der Waals surface area contributed by atoms with Crippen molar-refractivity contribution in [1.29, 1.82) is 0 Å². The van der Waals surface area contributed by atoms with Crippen molar-refractivity contribution in [2.45, 2.75) is 48.2 Å². The number of anilines is 2. The third-order valence-electron chi connectivity index (χ3n) is 10.0. The molecule has 0 unspecified atom stereocenters. The first kappa shape index (κ1) is 25.2. The van der Waals surface area contributed by atoms with Crippen molar-refractivity contribution in [3.63, 3.8) is 0 Å². The van der Waals surface area contributed by atoms with Crippen LogP contribution in [0, 0.1) is 5.41 Å². The highest BCUT2D eigenvalue weighted by molar-refractivity contribution is 6.69. The quantitative estimate of drug-likeness (QED) is 0.404. The molecule has 2 atom stereocenters. The molecule has 3 aromatic rings. The van der Waals surface area contributed by atoms with E-state index in [1.807, 2.05) is 36.4 Å². The Morgan fingerprint density at radius 2 is 1.80 bits per heavy atom. The molecule has 3 aliphatic heterocycles. The van der Waals surface area contributed by atoms with Crippen molar-refractivity contribution >= 4 is 38.6 Å². The van der Waals surface area contributed by atoms with Crippen molar-refractivity contribution in [3.8, 4) is 0 Å². The lowest BCUT2D eigenvalue weighted by atomic mass is 9.75. The van der Waals surface area contributed by atoms with Gasteiger partial charge in [-0.3, -0.25) is 19.1 Å². The Hall–Kier alpha value is -3.76. The first-order chi connectivity index (χ1) is 19.2. The van der Waals surface area contributed by atoms with Gasteiger partial charge in [-0.25, -0.2) is 0 Å². The Morgan fingerprint density at radius 3 is 2.48 bits per heavy atom. The molecule has 1 spiro atoms. The summed E-state index contributed by atoms with van der Waals surface area (Å²) >= 11 is 0. The second kappa shape index (κ2) is 8.62. The molecule has 3 fully saturated rings. The second-order valence-corrected chi connectivity index (χ2v) is 14.5. The summed E-state index contributed by atoms with van der Waals surface area (Å²) in [4.78, 5) is 41.0. The number of fused-ring (bicyclic) bond motifs is 2. The molecule has 4 heterocycles. The van der Waals surface area contributed by atoms with Gasteiger partial charge in [-0.1, -0.05) is 43.3 Å². The number of nitrogens with zero attached hydrogens (tertiary/aromatic N) is 2. The molecule has 7 rings (SSSR count). The fourth-order valence-electron chi connectivity index (χ4n) is 7.41. The van der Waals surface area contributed by atoms with Crippen molar-refractivity contribution in [2.75, 3.05) is 23.8 Å². The summed E-state index contributed by atoms with van der Waals surface area (Å²) in [6.45, 7) is 3.35. The maximum Gasteiger partial charge on any atom is 0.270 e. The Morgan fingerprint density at radius 1 is 1.05 bits per heavy atom. The molecule has 0 radical (unpaired) electrons. The normalized spacial score (nSPS) is 27.6. The zero-order valence-corrected chi connectivity index (χ0v) is 24.2. The molecule has 1 aliphatic carbocycles. The molecule has 4 aliphatic rings. The first-order valence-electron chi connectivity index (χ1n) is 14.0. The molecule has 2 aromatic carbocycles. The van der Waals surface area contributed by atoms with Crippen LogP contribution in [0.5, 0.6) is 0 Å². The maximum atomic E-state index is 14.4. The molecule has 9 nitrogen and oxygen atoms in total. The monoisotopic (exact) mass is 555 g/mol. The number of benzene rings is 2. The molecular formula is C30H33N5O4Si. The predicted octanol–water partition coefficient (Wildman–Crippen LogP) is 2.36. The van der Waals surface area contributed by atoms with Crippen LogP contribution in [-0.2, 0) is 31.8 Å². The minimum absolute atomic E-state index is 0.00598. The Kier molecular flexibility index (Phi) is 5.43. The van der Waals surface area contributed by atoms with Crippen LogP contribution >= 0.6 is 0 Å². The van der Waals surface area contributed by atoms with E-state index < -0.39 is 25.1 Å². The highest BCUT2D eigenvalue weighted by atomic mass is 28.2. The average Bonchev–Trinajstić information content (AvgIpc) is 3.80. The van der Waals surface area contributed by atoms with E-state index in [1.54, 1.807) is 19.3 Å². The standard InChI is InChI=1S/C30H33N5O4Si/c1-27(11-12-27)29(19-6-4-3-5-7-19)30(40-29,34-24(36)23-10-15-31-35(23)2)26(38)32-20-8-9-21-22(18-20)33-25(37)28(21)13-16-39-17-14-28/h3-10,15,18H,11-14,16-17,40H2,1-2H3,(H,32,38)(H,33,37)(H,34,36)/t29-,30-/m1/s1. The van der Waals surface area contributed by atoms with Gasteiger partial charge in [-0.05, 0) is 60.4 Å². The maximum absolute atomic E-state index is 14.4. The summed E-state index contributed by atoms with van der Waals surface area (Å²) in [6, 6.07) is 17.5. The molecule has 206 valence electrons. The highest BCUT2D eigenvalue weighted by Crippen LogP contribution is 2.70. The summed E-state index contributed by atoms with van der Waals surface area (Å²) < 4.78 is 7.05. The number of rotatable bonds is 6. The Balaban J connectivity index is 1.25. The molecular weight excluding hydrogens is 522 g/mol. The van der Waals surface area contributed by atoms with Crippen molar-refractivity contribution < 1.29 is 19.1 Å². The molecule has 1 aromatic heterocycles. The smallest absolute Gasteiger partial charge is 0.270 e. The number of nitrogens with one attached hydrogen (secondary N) is 3. The molecule has 10 heteroatoms. The summed E-state index contributed by atoms with van der Waals surface area (Å²) in [6.07, 6.45) is 4.90. The van der Waals surface area contributed by atoms with Gasteiger partial charge < -0.3 is 20.7 Å². The van der Waals surface area contributed by atoms with Crippen LogP contribution in [0.2, 0.25) is 0 Å². The third-order valence-corrected chi connectivity index (χ3v) is 13.5. The second-order valence-electron chi connectivity index (χ2n) is 12.1. The van der Waals surface area contributed by atoms with E-state index in [0.29, 0.717) is 37.4 Å². The van der Waals surface area contributed by atoms with Gasteiger partial charge in [-0.2, -0.15) is 5.10 Å². The topological polar surface area (TPSA) is 114 Å². The molecule has 1 saturated carbocycles. The Labute approximate surface area is 234 Å². The highest BCUT2D eigenvalue weighted by Gasteiger charge is 2.82. The van der Waals surface area contributed by atoms with Crippen LogP contribution in [0.1, 0.15) is 54.2 Å². The van der Waals surface area contributed by atoms with Gasteiger partial charge >= 0.3 is 0 Å². The van der Waals surface area contributed by atoms with Crippen LogP contribution in [0.15, 0.2) is 60.8 Å². The minimum atomic E-state index is -1.16. The first-order valence-corrected chi connectivity index (χ1v) is 15.4. The number of carbonyl (C=O) groups excluding carboxylic acids is 3. The van der Waals surface area contributed by atoms with Gasteiger partial charge in [-0.15, -0.1) is 0 Å². The van der Waals surface area contributed by atoms with E-state index in [9.17, 15) is 14.4 Å². The van der Waals surface area contributed by atoms with Gasteiger partial charge in [0.25, 0.3) is 5.91 Å². The lowest BCUT2D eigenvalue weighted by Crippen LogP contribution is -2.54. The Bertz CT molecular complexity index is 1540. The summed E-state index contributed by atoms with van der Waals surface area (Å²) in [7, 11) is 0.562. The zero-order chi connectivity index (χ0) is 27.8. The zero-order valence-electron chi connectivity index (χ0n) is 22.8. The van der Waals surface area contributed by atoms with Gasteiger partial charge in [0.1, 0.15) is 10.9 Å². The van der Waals surface area contributed by atoms with E-state index in [-0.39, 0.29) is 23.1 Å². The molecule has 40 heavy (non-hydrogen) atoms. The van der Waals surface area contributed by atoms with E-state index in [0.717, 1.165) is 29.7 Å². The van der Waals surface area contributed by atoms with E-state index in [4.69, 9.17) is 4.74 Å². The number of aromatic nitrogens is 2. The summed E-state index contributed by atoms with van der Waals surface area (Å²) in [5.41, 5.74) is 3.20. The largest absolute Gasteiger partial charge is 0.381 e. The van der Waals surface area contributed by atoms with Crippen LogP contribution < -0.4 is 16.0 Å². The molecule has 3 amide bonds. The van der Waals surface area contributed by atoms with Crippen molar-refractivity contribution in [3.05, 3.63) is 77.6 Å². The van der Waals surface area contributed by atoms with Crippen LogP contribution in [0.4, 0.5) is 11.4 Å². The number of ether oxygens (including phenoxy) is 1. The third kappa shape index (κ3) is 3.42. The fourth-order valence-corrected chi connectivity index (χ4v) is 10.7. The SMILES string of the molecule is Cn1nccc1C(=O)N[C@]1(C(=O)Nc2ccc3c(c2)NC(=O)C32CCOCC2)[SiH2][C@]1(c1ccccc1)C1(C)CC1. The van der Waals surface area contributed by atoms with E-state index in [1.165, 1.54) is 4.68 Å². The van der Waals surface area contributed by atoms with Crippen molar-refractivity contribution in [2.24, 2.45) is 12.5 Å². The number of hydrogen-bond donors (Lipinski definition) is 3. The lowest BCUT2D eigenvalue weighted by Gasteiger charge is -2.33. The molecule has 0 bridgehead atoms. The molecule has 2 saturated heterocycles. The van der Waals surface area contributed by atoms with Gasteiger partial charge in [0.15, 0.2) is 0 Å². The van der Waals surface area contributed by atoms with Crippen molar-refractivity contribution in [1.82, 2.24) is 15.1 Å². The minimum Gasteiger partial charge on any atom is -0.381 e. The number of aryl methyl sites for hydroxylation is 1. The van der Waals surface area contributed by atoms with Crippen LogP contribution in [-0.4, -0.2) is 55.4 Å². The van der Waals surface area contributed by atoms with E-state index >= 15 is 0 Å². The van der Waals surface area contributed by atoms with Gasteiger partial charge in [0.05, 0.1) is 14.9 Å². The predicted molar refractivity (Wildman–Crippen MR) is 153 cm³/mol. The lowest BCUT2D eigenvalue weighted by molar-refractivity contribution is -0.124. The fraction of sp³-hybridized carbons (Fsp3) is 0.400. The number of amides is 3. The number of carbonyl (C=O) groups is 3. The van der Waals surface area contributed by atoms with Gasteiger partial charge in [0.2, 0.25) is 11.8 Å². The van der Waals surface area contributed by atoms with E-state index in [2.05, 4.69) is 40.1 Å². The van der Waals surface area contributed by atoms with Gasteiger partial charge in [0, 0.05) is 42.9 Å². The number of hydrogen-bond acceptors (Lipinski definition) is 5. The summed E-state index contributed by atoms with van der Waals surface area (Å²) in [5, 5.41) is 12.2.